The van der Waals surface area contributed by atoms with Crippen molar-refractivity contribution in [2.45, 2.75) is 19.4 Å². The third kappa shape index (κ3) is 5.57. The predicted molar refractivity (Wildman–Crippen MR) is 121 cm³/mol. The van der Waals surface area contributed by atoms with Gasteiger partial charge in [-0.2, -0.15) is 0 Å². The van der Waals surface area contributed by atoms with Crippen molar-refractivity contribution in [3.8, 4) is 11.5 Å². The number of methoxy groups -OCH3 is 2. The van der Waals surface area contributed by atoms with Gasteiger partial charge in [0.25, 0.3) is 11.8 Å². The zero-order valence-electron chi connectivity index (χ0n) is 18.3. The minimum absolute atomic E-state index is 0.0640. The number of carbonyl (C=O) groups excluding carboxylic acids is 2. The number of rotatable bonds is 9. The molecule has 3 aromatic rings. The Balaban J connectivity index is 1.85. The number of hydrogen-bond donors (Lipinski definition) is 2. The summed E-state index contributed by atoms with van der Waals surface area (Å²) in [6.07, 6.45) is 3.68. The lowest BCUT2D eigenvalue weighted by atomic mass is 10.0. The molecule has 2 N–H and O–H groups in total. The maximum Gasteiger partial charge on any atom is 0.268 e. The minimum atomic E-state index is -0.466. The molecule has 0 aliphatic heterocycles. The van der Waals surface area contributed by atoms with Gasteiger partial charge < -0.3 is 24.5 Å². The first kappa shape index (κ1) is 22.7. The van der Waals surface area contributed by atoms with E-state index < -0.39 is 11.8 Å². The topological polar surface area (TPSA) is 89.8 Å². The van der Waals surface area contributed by atoms with Crippen LogP contribution in [0.25, 0.3) is 6.08 Å². The van der Waals surface area contributed by atoms with Crippen LogP contribution in [0.15, 0.2) is 77.0 Å². The molecule has 32 heavy (non-hydrogen) atoms. The normalized spacial score (nSPS) is 12.0. The summed E-state index contributed by atoms with van der Waals surface area (Å²) in [5.74, 6) is 0.464. The van der Waals surface area contributed by atoms with Crippen LogP contribution in [0.3, 0.4) is 0 Å². The molecule has 1 heterocycles. The van der Waals surface area contributed by atoms with Crippen LogP contribution in [0.1, 0.15) is 41.1 Å². The van der Waals surface area contributed by atoms with Crippen LogP contribution in [0.2, 0.25) is 0 Å². The van der Waals surface area contributed by atoms with E-state index in [1.54, 1.807) is 30.3 Å². The molecule has 3 rings (SSSR count). The van der Waals surface area contributed by atoms with E-state index in [-0.39, 0.29) is 11.7 Å². The first-order chi connectivity index (χ1) is 15.5. The summed E-state index contributed by atoms with van der Waals surface area (Å²) in [6, 6.07) is 17.6. The van der Waals surface area contributed by atoms with E-state index >= 15 is 0 Å². The lowest BCUT2D eigenvalue weighted by molar-refractivity contribution is -0.118. The van der Waals surface area contributed by atoms with E-state index in [2.05, 4.69) is 10.6 Å². The van der Waals surface area contributed by atoms with Gasteiger partial charge in [-0.15, -0.1) is 0 Å². The highest BCUT2D eigenvalue weighted by Crippen LogP contribution is 2.27. The third-order valence-electron chi connectivity index (χ3n) is 4.88. The smallest absolute Gasteiger partial charge is 0.268 e. The number of ether oxygens (including phenoxy) is 2. The highest BCUT2D eigenvalue weighted by molar-refractivity contribution is 6.05. The second-order valence-electron chi connectivity index (χ2n) is 6.94. The molecule has 7 heteroatoms. The Labute approximate surface area is 187 Å². The third-order valence-corrected chi connectivity index (χ3v) is 4.88. The van der Waals surface area contributed by atoms with Gasteiger partial charge in [-0.1, -0.05) is 37.3 Å². The SMILES string of the molecule is CCC(NC(=O)/C(=C/c1ccco1)NC(=O)c1ccc(OC)c(OC)c1)c1ccccc1. The first-order valence-corrected chi connectivity index (χ1v) is 10.2. The predicted octanol–water partition coefficient (Wildman–Crippen LogP) is 4.34. The Bertz CT molecular complexity index is 1070. The Hall–Kier alpha value is -4.00. The van der Waals surface area contributed by atoms with Crippen molar-refractivity contribution < 1.29 is 23.5 Å². The molecule has 0 fully saturated rings. The maximum atomic E-state index is 13.1. The van der Waals surface area contributed by atoms with Gasteiger partial charge in [0, 0.05) is 11.6 Å². The first-order valence-electron chi connectivity index (χ1n) is 10.2. The van der Waals surface area contributed by atoms with E-state index in [9.17, 15) is 9.59 Å². The van der Waals surface area contributed by atoms with Crippen LogP contribution in [0, 0.1) is 0 Å². The molecule has 0 radical (unpaired) electrons. The summed E-state index contributed by atoms with van der Waals surface area (Å²) in [4.78, 5) is 26.0. The van der Waals surface area contributed by atoms with Gasteiger partial charge in [-0.05, 0) is 42.3 Å². The molecule has 2 amide bonds. The molecule has 0 spiro atoms. The van der Waals surface area contributed by atoms with Crippen LogP contribution in [-0.2, 0) is 4.79 Å². The fourth-order valence-electron chi connectivity index (χ4n) is 3.19. The van der Waals surface area contributed by atoms with Gasteiger partial charge in [0.05, 0.1) is 26.5 Å². The van der Waals surface area contributed by atoms with Crippen LogP contribution in [-0.4, -0.2) is 26.0 Å². The number of amides is 2. The molecule has 0 saturated heterocycles. The van der Waals surface area contributed by atoms with Crippen molar-refractivity contribution in [1.29, 1.82) is 0 Å². The molecule has 1 atom stereocenters. The zero-order chi connectivity index (χ0) is 22.9. The Morgan fingerprint density at radius 2 is 1.75 bits per heavy atom. The van der Waals surface area contributed by atoms with Crippen molar-refractivity contribution in [1.82, 2.24) is 10.6 Å². The van der Waals surface area contributed by atoms with Crippen LogP contribution in [0.4, 0.5) is 0 Å². The number of benzene rings is 2. The van der Waals surface area contributed by atoms with E-state index in [0.29, 0.717) is 29.2 Å². The van der Waals surface area contributed by atoms with Gasteiger partial charge in [-0.25, -0.2) is 0 Å². The van der Waals surface area contributed by atoms with Crippen molar-refractivity contribution in [3.05, 3.63) is 89.5 Å². The van der Waals surface area contributed by atoms with Gasteiger partial charge in [0.15, 0.2) is 11.5 Å². The summed E-state index contributed by atoms with van der Waals surface area (Å²) >= 11 is 0. The Morgan fingerprint density at radius 3 is 2.38 bits per heavy atom. The van der Waals surface area contributed by atoms with Gasteiger partial charge in [-0.3, -0.25) is 9.59 Å². The van der Waals surface area contributed by atoms with Gasteiger partial charge >= 0.3 is 0 Å². The average Bonchev–Trinajstić information content (AvgIpc) is 3.35. The number of carbonyl (C=O) groups is 2. The van der Waals surface area contributed by atoms with E-state index in [0.717, 1.165) is 5.56 Å². The number of nitrogens with one attached hydrogen (secondary N) is 2. The quantitative estimate of drug-likeness (QED) is 0.489. The van der Waals surface area contributed by atoms with Crippen molar-refractivity contribution in [2.75, 3.05) is 14.2 Å². The molecule has 1 aromatic heterocycles. The molecular weight excluding hydrogens is 408 g/mol. The average molecular weight is 434 g/mol. The number of furan rings is 1. The summed E-state index contributed by atoms with van der Waals surface area (Å²) < 4.78 is 15.8. The number of hydrogen-bond acceptors (Lipinski definition) is 5. The lowest BCUT2D eigenvalue weighted by Gasteiger charge is -2.19. The maximum absolute atomic E-state index is 13.1. The summed E-state index contributed by atoms with van der Waals surface area (Å²) in [5, 5.41) is 5.68. The summed E-state index contributed by atoms with van der Waals surface area (Å²) in [5.41, 5.74) is 1.36. The molecule has 2 aromatic carbocycles. The summed E-state index contributed by atoms with van der Waals surface area (Å²) in [7, 11) is 3.01. The monoisotopic (exact) mass is 434 g/mol. The fourth-order valence-corrected chi connectivity index (χ4v) is 3.19. The minimum Gasteiger partial charge on any atom is -0.493 e. The molecule has 7 nitrogen and oxygen atoms in total. The highest BCUT2D eigenvalue weighted by atomic mass is 16.5. The van der Waals surface area contributed by atoms with Crippen molar-refractivity contribution in [3.63, 3.8) is 0 Å². The lowest BCUT2D eigenvalue weighted by Crippen LogP contribution is -2.36. The second-order valence-corrected chi connectivity index (χ2v) is 6.94. The Morgan fingerprint density at radius 1 is 1.00 bits per heavy atom. The van der Waals surface area contributed by atoms with Crippen LogP contribution >= 0.6 is 0 Å². The van der Waals surface area contributed by atoms with E-state index in [4.69, 9.17) is 13.9 Å². The van der Waals surface area contributed by atoms with Crippen LogP contribution in [0.5, 0.6) is 11.5 Å². The molecular formula is C25H26N2O5. The standard InChI is InChI=1S/C25H26N2O5/c1-4-20(17-9-6-5-7-10-17)26-25(29)21(16-19-11-8-14-32-19)27-24(28)18-12-13-22(30-2)23(15-18)31-3/h5-16,20H,4H2,1-3H3,(H,26,29)(H,27,28)/b21-16-. The second kappa shape index (κ2) is 10.9. The van der Waals surface area contributed by atoms with Gasteiger partial charge in [0.2, 0.25) is 0 Å². The fraction of sp³-hybridized carbons (Fsp3) is 0.200. The van der Waals surface area contributed by atoms with E-state index in [1.807, 2.05) is 37.3 Å². The molecule has 0 bridgehead atoms. The largest absolute Gasteiger partial charge is 0.493 e. The molecule has 0 aliphatic rings. The summed E-state index contributed by atoms with van der Waals surface area (Å²) in [6.45, 7) is 1.98. The molecule has 166 valence electrons. The van der Waals surface area contributed by atoms with Crippen molar-refractivity contribution >= 4 is 17.9 Å². The zero-order valence-corrected chi connectivity index (χ0v) is 18.3. The molecule has 0 saturated carbocycles. The van der Waals surface area contributed by atoms with Crippen LogP contribution < -0.4 is 20.1 Å². The van der Waals surface area contributed by atoms with Crippen molar-refractivity contribution in [2.24, 2.45) is 0 Å². The van der Waals surface area contributed by atoms with E-state index in [1.165, 1.54) is 26.6 Å². The van der Waals surface area contributed by atoms with Gasteiger partial charge in [0.1, 0.15) is 11.5 Å². The molecule has 1 unspecified atom stereocenters. The highest BCUT2D eigenvalue weighted by Gasteiger charge is 2.20. The Kier molecular flexibility index (Phi) is 7.70. The molecule has 0 aliphatic carbocycles.